The van der Waals surface area contributed by atoms with Crippen LogP contribution in [-0.4, -0.2) is 33.1 Å². The van der Waals surface area contributed by atoms with E-state index in [9.17, 15) is 4.79 Å². The van der Waals surface area contributed by atoms with Crippen molar-refractivity contribution in [2.75, 3.05) is 6.61 Å². The van der Waals surface area contributed by atoms with Crippen molar-refractivity contribution in [2.45, 2.75) is 58.1 Å². The standard InChI is InChI=1S/C28H28N4O2/c1-15(2)32-22-10-7-16(23-6-4-5-11-34-23)12-18(22)25-19-13-29-28(33)26(19)24-17(27(25)32)8-9-21-20(24)14-31(3)30-21/h7,10,12-15,23H,4-6,8-9,11H2,1-3H3/t23-/m0/s1. The molecule has 3 aliphatic rings. The Kier molecular flexibility index (Phi) is 4.22. The topological polar surface area (TPSA) is 61.4 Å². The first-order valence-corrected chi connectivity index (χ1v) is 12.4. The van der Waals surface area contributed by atoms with Gasteiger partial charge in [-0.15, -0.1) is 0 Å². The summed E-state index contributed by atoms with van der Waals surface area (Å²) in [4.78, 5) is 17.4. The highest BCUT2D eigenvalue weighted by atomic mass is 16.5. The van der Waals surface area contributed by atoms with Gasteiger partial charge in [-0.05, 0) is 69.2 Å². The van der Waals surface area contributed by atoms with Crippen LogP contribution < -0.4 is 0 Å². The summed E-state index contributed by atoms with van der Waals surface area (Å²) in [6, 6.07) is 7.09. The number of ether oxygens (including phenoxy) is 1. The van der Waals surface area contributed by atoms with E-state index in [0.717, 1.165) is 65.6 Å². The number of aryl methyl sites for hydroxylation is 3. The number of carbonyl (C=O) groups is 1. The minimum absolute atomic E-state index is 0.137. The lowest BCUT2D eigenvalue weighted by Crippen LogP contribution is -2.12. The molecule has 1 saturated heterocycles. The number of benzene rings is 2. The number of hydrogen-bond donors (Lipinski definition) is 0. The Bertz CT molecular complexity index is 1550. The van der Waals surface area contributed by atoms with Crippen molar-refractivity contribution in [1.29, 1.82) is 0 Å². The molecular weight excluding hydrogens is 424 g/mol. The van der Waals surface area contributed by atoms with Crippen LogP contribution in [0.1, 0.15) is 78.0 Å². The average Bonchev–Trinajstić information content (AvgIpc) is 3.51. The molecule has 7 rings (SSSR count). The van der Waals surface area contributed by atoms with Crippen molar-refractivity contribution < 1.29 is 9.53 Å². The molecule has 1 atom stereocenters. The van der Waals surface area contributed by atoms with Gasteiger partial charge in [0.2, 0.25) is 0 Å². The number of fused-ring (bicyclic) bond motifs is 10. The lowest BCUT2D eigenvalue weighted by Gasteiger charge is -2.23. The summed E-state index contributed by atoms with van der Waals surface area (Å²) in [5.41, 5.74) is 9.85. The highest BCUT2D eigenvalue weighted by Gasteiger charge is 2.34. The first-order valence-electron chi connectivity index (χ1n) is 12.4. The van der Waals surface area contributed by atoms with Crippen LogP contribution in [0.2, 0.25) is 0 Å². The first kappa shape index (κ1) is 20.2. The van der Waals surface area contributed by atoms with E-state index >= 15 is 0 Å². The number of nitrogens with zero attached hydrogens (tertiary/aromatic N) is 4. The molecule has 34 heavy (non-hydrogen) atoms. The van der Waals surface area contributed by atoms with Crippen LogP contribution in [-0.2, 0) is 24.6 Å². The quantitative estimate of drug-likeness (QED) is 0.393. The van der Waals surface area contributed by atoms with Crippen molar-refractivity contribution in [3.8, 4) is 11.1 Å². The van der Waals surface area contributed by atoms with E-state index in [1.807, 2.05) is 11.7 Å². The van der Waals surface area contributed by atoms with Gasteiger partial charge >= 0.3 is 0 Å². The second-order valence-electron chi connectivity index (χ2n) is 10.2. The Balaban J connectivity index is 1.62. The van der Waals surface area contributed by atoms with Crippen LogP contribution in [0.5, 0.6) is 0 Å². The predicted octanol–water partition coefficient (Wildman–Crippen LogP) is 5.69. The Morgan fingerprint density at radius 3 is 2.82 bits per heavy atom. The molecule has 6 heteroatoms. The van der Waals surface area contributed by atoms with Gasteiger partial charge < -0.3 is 9.30 Å². The molecule has 0 bridgehead atoms. The van der Waals surface area contributed by atoms with E-state index in [-0.39, 0.29) is 18.1 Å². The molecule has 0 spiro atoms. The smallest absolute Gasteiger partial charge is 0.278 e. The fourth-order valence-corrected chi connectivity index (χ4v) is 6.42. The van der Waals surface area contributed by atoms with Crippen LogP contribution >= 0.6 is 0 Å². The molecule has 0 N–H and O–H groups in total. The number of aromatic nitrogens is 3. The van der Waals surface area contributed by atoms with Gasteiger partial charge in [-0.2, -0.15) is 5.10 Å². The Labute approximate surface area is 198 Å². The van der Waals surface area contributed by atoms with E-state index < -0.39 is 0 Å². The number of amides is 1. The SMILES string of the molecule is CC(C)n1c2ccc([C@@H]3CCCCO3)cc2c2c3c(c4c(c21)CCc1nn(C)cc1-4)C(=O)N=C3. The maximum Gasteiger partial charge on any atom is 0.278 e. The average molecular weight is 453 g/mol. The molecule has 6 nitrogen and oxygen atoms in total. The van der Waals surface area contributed by atoms with Crippen molar-refractivity contribution >= 4 is 33.9 Å². The summed E-state index contributed by atoms with van der Waals surface area (Å²) in [5, 5.41) is 7.05. The number of hydrogen-bond acceptors (Lipinski definition) is 3. The Morgan fingerprint density at radius 2 is 2.03 bits per heavy atom. The molecule has 4 heterocycles. The highest BCUT2D eigenvalue weighted by Crippen LogP contribution is 2.47. The third-order valence-corrected chi connectivity index (χ3v) is 7.78. The molecule has 2 aliphatic heterocycles. The molecule has 2 aromatic carbocycles. The summed E-state index contributed by atoms with van der Waals surface area (Å²) in [7, 11) is 1.95. The molecule has 1 aliphatic carbocycles. The summed E-state index contributed by atoms with van der Waals surface area (Å²) < 4.78 is 10.5. The van der Waals surface area contributed by atoms with Gasteiger partial charge in [0.05, 0.1) is 22.9 Å². The predicted molar refractivity (Wildman–Crippen MR) is 134 cm³/mol. The maximum atomic E-state index is 13.1. The molecule has 1 fully saturated rings. The van der Waals surface area contributed by atoms with Gasteiger partial charge in [0.25, 0.3) is 5.91 Å². The molecular formula is C28H28N4O2. The summed E-state index contributed by atoms with van der Waals surface area (Å²) in [5.74, 6) is -0.137. The minimum Gasteiger partial charge on any atom is -0.374 e. The van der Waals surface area contributed by atoms with E-state index in [1.165, 1.54) is 34.0 Å². The minimum atomic E-state index is -0.137. The van der Waals surface area contributed by atoms with Crippen molar-refractivity contribution in [3.05, 3.63) is 52.3 Å². The second kappa shape index (κ2) is 7.12. The summed E-state index contributed by atoms with van der Waals surface area (Å²) in [6.45, 7) is 5.32. The van der Waals surface area contributed by atoms with Gasteiger partial charge in [-0.25, -0.2) is 4.99 Å². The maximum absolute atomic E-state index is 13.1. The van der Waals surface area contributed by atoms with Crippen LogP contribution in [0.3, 0.4) is 0 Å². The van der Waals surface area contributed by atoms with Gasteiger partial charge in [0.1, 0.15) is 0 Å². The van der Waals surface area contributed by atoms with E-state index in [0.29, 0.717) is 0 Å². The Morgan fingerprint density at radius 1 is 1.15 bits per heavy atom. The zero-order chi connectivity index (χ0) is 23.1. The van der Waals surface area contributed by atoms with Gasteiger partial charge in [-0.1, -0.05) is 6.07 Å². The highest BCUT2D eigenvalue weighted by molar-refractivity contribution is 6.28. The fraction of sp³-hybridized carbons (Fsp3) is 0.393. The number of aliphatic imine (C=N–C) groups is 1. The van der Waals surface area contributed by atoms with E-state index in [2.05, 4.69) is 52.9 Å². The molecule has 0 unspecified atom stereocenters. The third kappa shape index (κ3) is 2.63. The van der Waals surface area contributed by atoms with Gasteiger partial charge in [-0.3, -0.25) is 9.48 Å². The molecule has 172 valence electrons. The normalized spacial score (nSPS) is 19.3. The molecule has 0 saturated carbocycles. The zero-order valence-electron chi connectivity index (χ0n) is 19.9. The van der Waals surface area contributed by atoms with Crippen molar-refractivity contribution in [2.24, 2.45) is 12.0 Å². The fourth-order valence-electron chi connectivity index (χ4n) is 6.42. The molecule has 0 radical (unpaired) electrons. The largest absolute Gasteiger partial charge is 0.374 e. The molecule has 2 aromatic heterocycles. The number of carbonyl (C=O) groups excluding carboxylic acids is 1. The molecule has 4 aromatic rings. The van der Waals surface area contributed by atoms with Gasteiger partial charge in [0.15, 0.2) is 0 Å². The summed E-state index contributed by atoms with van der Waals surface area (Å²) in [6.07, 6.45) is 9.16. The monoisotopic (exact) mass is 452 g/mol. The Hall–Kier alpha value is -3.25. The first-order chi connectivity index (χ1) is 16.5. The van der Waals surface area contributed by atoms with Crippen LogP contribution in [0.25, 0.3) is 32.9 Å². The lowest BCUT2D eigenvalue weighted by molar-refractivity contribution is 0.0150. The van der Waals surface area contributed by atoms with Crippen molar-refractivity contribution in [3.63, 3.8) is 0 Å². The zero-order valence-corrected chi connectivity index (χ0v) is 19.9. The number of rotatable bonds is 2. The lowest BCUT2D eigenvalue weighted by atomic mass is 9.82. The van der Waals surface area contributed by atoms with Crippen molar-refractivity contribution in [1.82, 2.24) is 14.3 Å². The van der Waals surface area contributed by atoms with Gasteiger partial charge in [0, 0.05) is 65.1 Å². The van der Waals surface area contributed by atoms with Crippen LogP contribution in [0.4, 0.5) is 0 Å². The van der Waals surface area contributed by atoms with E-state index in [1.54, 1.807) is 6.21 Å². The molecule has 1 amide bonds. The summed E-state index contributed by atoms with van der Waals surface area (Å²) >= 11 is 0. The second-order valence-corrected chi connectivity index (χ2v) is 10.2. The van der Waals surface area contributed by atoms with Crippen LogP contribution in [0, 0.1) is 0 Å². The van der Waals surface area contributed by atoms with Crippen LogP contribution in [0.15, 0.2) is 29.4 Å². The third-order valence-electron chi connectivity index (χ3n) is 7.78. The van der Waals surface area contributed by atoms with E-state index in [4.69, 9.17) is 4.74 Å².